The van der Waals surface area contributed by atoms with E-state index in [0.29, 0.717) is 31.0 Å². The Balaban J connectivity index is 0.000000525. The number of piperazine rings is 1. The number of aromatic nitrogens is 2. The van der Waals surface area contributed by atoms with Gasteiger partial charge in [0.25, 0.3) is 5.91 Å². The van der Waals surface area contributed by atoms with Crippen LogP contribution in [0.5, 0.6) is 5.75 Å². The lowest BCUT2D eigenvalue weighted by Gasteiger charge is -2.40. The number of nitrogens with two attached hydrogens (primary N) is 1. The van der Waals surface area contributed by atoms with Crippen molar-refractivity contribution in [2.75, 3.05) is 29.9 Å². The second-order valence-electron chi connectivity index (χ2n) is 10.7. The predicted molar refractivity (Wildman–Crippen MR) is 165 cm³/mol. The van der Waals surface area contributed by atoms with Gasteiger partial charge in [-0.1, -0.05) is 11.6 Å². The van der Waals surface area contributed by atoms with E-state index in [0.717, 1.165) is 6.07 Å². The maximum absolute atomic E-state index is 12.7. The molecule has 2 aromatic heterocycles. The Morgan fingerprint density at radius 1 is 1.09 bits per heavy atom. The van der Waals surface area contributed by atoms with Gasteiger partial charge in [-0.3, -0.25) is 14.6 Å². The largest absolute Gasteiger partial charge is 0.573 e. The van der Waals surface area contributed by atoms with Crippen molar-refractivity contribution in [3.8, 4) is 5.75 Å². The summed E-state index contributed by atoms with van der Waals surface area (Å²) in [6.45, 7) is 8.81. The third kappa shape index (κ3) is 10.8. The second-order valence-corrected chi connectivity index (χ2v) is 12.0. The highest BCUT2D eigenvalue weighted by Crippen LogP contribution is 2.37. The minimum absolute atomic E-state index is 0.0188. The number of carbonyl (C=O) groups is 3. The number of carbonyl (C=O) groups excluding carboxylic acids is 3. The fourth-order valence-electron chi connectivity index (χ4n) is 4.01. The third-order valence-electron chi connectivity index (χ3n) is 6.03. The van der Waals surface area contributed by atoms with Crippen molar-refractivity contribution in [2.24, 2.45) is 5.73 Å². The summed E-state index contributed by atoms with van der Waals surface area (Å²) < 4.78 is 47.2. The van der Waals surface area contributed by atoms with Crippen LogP contribution in [0.15, 0.2) is 59.5 Å². The zero-order chi connectivity index (χ0) is 33.5. The summed E-state index contributed by atoms with van der Waals surface area (Å²) in [6, 6.07) is 8.62. The molecule has 242 valence electrons. The third-order valence-corrected chi connectivity index (χ3v) is 6.96. The van der Waals surface area contributed by atoms with Crippen molar-refractivity contribution in [3.05, 3.63) is 75.6 Å². The molecule has 0 saturated carbocycles. The number of hydrogen-bond acceptors (Lipinski definition) is 8. The number of ether oxygens (including phenoxy) is 2. The molecule has 1 aliphatic heterocycles. The maximum atomic E-state index is 12.7. The zero-order valence-electron chi connectivity index (χ0n) is 24.7. The minimum atomic E-state index is -4.91. The van der Waals surface area contributed by atoms with Crippen LogP contribution in [0.25, 0.3) is 0 Å². The first-order chi connectivity index (χ1) is 20.9. The number of pyridine rings is 2. The van der Waals surface area contributed by atoms with E-state index >= 15 is 0 Å². The first kappa shape index (κ1) is 35.4. The average molecular weight is 716 g/mol. The van der Waals surface area contributed by atoms with E-state index in [-0.39, 0.29) is 32.9 Å². The number of amides is 3. The molecule has 45 heavy (non-hydrogen) atoms. The van der Waals surface area contributed by atoms with Gasteiger partial charge in [-0.05, 0) is 74.0 Å². The summed E-state index contributed by atoms with van der Waals surface area (Å²) in [7, 11) is 0. The predicted octanol–water partition coefficient (Wildman–Crippen LogP) is 6.27. The van der Waals surface area contributed by atoms with Gasteiger partial charge < -0.3 is 30.3 Å². The van der Waals surface area contributed by atoms with E-state index in [9.17, 15) is 27.6 Å². The molecule has 0 aliphatic carbocycles. The Bertz CT molecular complexity index is 1510. The van der Waals surface area contributed by atoms with Crippen LogP contribution in [0.1, 0.15) is 48.4 Å². The first-order valence-electron chi connectivity index (χ1n) is 13.4. The molecule has 3 heterocycles. The van der Waals surface area contributed by atoms with Gasteiger partial charge in [0, 0.05) is 50.3 Å². The lowest BCUT2D eigenvalue weighted by molar-refractivity contribution is -0.274. The van der Waals surface area contributed by atoms with Gasteiger partial charge in [-0.15, -0.1) is 13.2 Å². The van der Waals surface area contributed by atoms with Gasteiger partial charge in [0.05, 0.1) is 26.3 Å². The summed E-state index contributed by atoms with van der Waals surface area (Å²) in [5, 5.41) is 2.49. The number of benzene rings is 1. The van der Waals surface area contributed by atoms with Crippen molar-refractivity contribution in [3.63, 3.8) is 0 Å². The van der Waals surface area contributed by atoms with E-state index < -0.39 is 29.5 Å². The molecular weight excluding hydrogens is 685 g/mol. The number of nitrogens with one attached hydrogen (secondary N) is 1. The van der Waals surface area contributed by atoms with E-state index in [2.05, 4.69) is 36.0 Å². The van der Waals surface area contributed by atoms with Crippen LogP contribution < -0.4 is 20.7 Å². The van der Waals surface area contributed by atoms with Crippen LogP contribution in [-0.2, 0) is 4.74 Å². The molecule has 3 aromatic rings. The van der Waals surface area contributed by atoms with E-state index in [1.54, 1.807) is 35.4 Å². The molecule has 3 amide bonds. The molecule has 1 saturated heterocycles. The van der Waals surface area contributed by atoms with E-state index in [1.165, 1.54) is 18.5 Å². The highest BCUT2D eigenvalue weighted by molar-refractivity contribution is 9.10. The lowest BCUT2D eigenvalue weighted by Crippen LogP contribution is -2.54. The molecule has 0 bridgehead atoms. The molecule has 1 atom stereocenters. The Labute approximate surface area is 271 Å². The van der Waals surface area contributed by atoms with Gasteiger partial charge in [0.2, 0.25) is 5.91 Å². The standard InChI is InChI=1S/C23H25BrClF3N4O4.C6H6N2O/c1-13-12-31(21(34)36-22(2,3)4)7-8-32(13)19-6-5-14(11-29-19)20(33)30-17-10-18(35-23(26,27)28)15(24)9-16(17)25;7-6(9)5-2-1-3-8-4-5/h5-6,9-11,13H,7-8,12H2,1-4H3,(H,30,33);1-4H,(H2,7,9)/t13-;/m1./s1. The molecule has 0 radical (unpaired) electrons. The van der Waals surface area contributed by atoms with Gasteiger partial charge in [-0.2, -0.15) is 0 Å². The number of primary amides is 1. The van der Waals surface area contributed by atoms with Crippen LogP contribution in [0, 0.1) is 0 Å². The fourth-order valence-corrected chi connectivity index (χ4v) is 4.78. The molecule has 1 aliphatic rings. The van der Waals surface area contributed by atoms with Crippen LogP contribution in [0.2, 0.25) is 5.02 Å². The molecular formula is C29H31BrClF3N6O5. The van der Waals surface area contributed by atoms with Crippen LogP contribution in [0.4, 0.5) is 29.5 Å². The Hall–Kier alpha value is -4.11. The van der Waals surface area contributed by atoms with Crippen molar-refractivity contribution in [1.29, 1.82) is 0 Å². The molecule has 11 nitrogen and oxygen atoms in total. The minimum Gasteiger partial charge on any atom is -0.444 e. The monoisotopic (exact) mass is 714 g/mol. The summed E-state index contributed by atoms with van der Waals surface area (Å²) in [6.07, 6.45) is -0.900. The molecule has 1 aromatic carbocycles. The lowest BCUT2D eigenvalue weighted by atomic mass is 10.1. The van der Waals surface area contributed by atoms with Crippen molar-refractivity contribution >= 4 is 56.9 Å². The van der Waals surface area contributed by atoms with Crippen molar-refractivity contribution in [2.45, 2.75) is 45.7 Å². The molecule has 4 rings (SSSR count). The Morgan fingerprint density at radius 3 is 2.31 bits per heavy atom. The topological polar surface area (TPSA) is 140 Å². The number of halogens is 5. The Kier molecular flexibility index (Phi) is 11.6. The molecule has 16 heteroatoms. The van der Waals surface area contributed by atoms with Gasteiger partial charge in [0.1, 0.15) is 17.2 Å². The maximum Gasteiger partial charge on any atom is 0.573 e. The number of hydrogen-bond donors (Lipinski definition) is 2. The average Bonchev–Trinajstić information content (AvgIpc) is 2.95. The van der Waals surface area contributed by atoms with Crippen LogP contribution in [-0.4, -0.2) is 70.4 Å². The quantitative estimate of drug-likeness (QED) is 0.315. The molecule has 1 fully saturated rings. The van der Waals surface area contributed by atoms with Crippen molar-refractivity contribution in [1.82, 2.24) is 14.9 Å². The molecule has 0 spiro atoms. The first-order valence-corrected chi connectivity index (χ1v) is 14.6. The van der Waals surface area contributed by atoms with Gasteiger partial charge >= 0.3 is 12.5 Å². The number of alkyl halides is 3. The number of rotatable bonds is 5. The highest BCUT2D eigenvalue weighted by atomic mass is 79.9. The Morgan fingerprint density at radius 2 is 1.80 bits per heavy atom. The number of anilines is 2. The summed E-state index contributed by atoms with van der Waals surface area (Å²) in [5.74, 6) is -0.984. The van der Waals surface area contributed by atoms with E-state index in [1.807, 2.05) is 32.6 Å². The summed E-state index contributed by atoms with van der Waals surface area (Å²) >= 11 is 9.03. The summed E-state index contributed by atoms with van der Waals surface area (Å²) in [5.41, 5.74) is 4.92. The normalized spacial score (nSPS) is 15.0. The van der Waals surface area contributed by atoms with E-state index in [4.69, 9.17) is 22.1 Å². The van der Waals surface area contributed by atoms with Crippen molar-refractivity contribution < 1.29 is 37.0 Å². The highest BCUT2D eigenvalue weighted by Gasteiger charge is 2.33. The zero-order valence-corrected chi connectivity index (χ0v) is 27.0. The fraction of sp³-hybridized carbons (Fsp3) is 0.345. The number of nitrogens with zero attached hydrogens (tertiary/aromatic N) is 4. The van der Waals surface area contributed by atoms with Gasteiger partial charge in [-0.25, -0.2) is 9.78 Å². The second kappa shape index (κ2) is 14.8. The van der Waals surface area contributed by atoms with Crippen LogP contribution >= 0.6 is 27.5 Å². The van der Waals surface area contributed by atoms with Gasteiger partial charge in [0.15, 0.2) is 0 Å². The molecule has 0 unspecified atom stereocenters. The smallest absolute Gasteiger partial charge is 0.444 e. The summed E-state index contributed by atoms with van der Waals surface area (Å²) in [4.78, 5) is 47.1. The molecule has 3 N–H and O–H groups in total. The van der Waals surface area contributed by atoms with Crippen LogP contribution in [0.3, 0.4) is 0 Å². The SMILES string of the molecule is C[C@@H]1CN(C(=O)OC(C)(C)C)CCN1c1ccc(C(=O)Nc2cc(OC(F)(F)F)c(Br)cc2Cl)cn1.NC(=O)c1cccnc1.